The third-order valence-electron chi connectivity index (χ3n) is 10.6. The zero-order chi connectivity index (χ0) is 41.9. The van der Waals surface area contributed by atoms with Crippen LogP contribution in [0.25, 0.3) is 11.1 Å². The molecule has 0 fully saturated rings. The van der Waals surface area contributed by atoms with E-state index in [1.165, 1.54) is 111 Å². The second-order valence-corrected chi connectivity index (χ2v) is 15.3. The summed E-state index contributed by atoms with van der Waals surface area (Å²) in [5.74, 6) is -0.0960. The number of hydrogen-bond donors (Lipinski definition) is 0. The number of amides is 1. The van der Waals surface area contributed by atoms with Gasteiger partial charge in [0, 0.05) is 25.9 Å². The molecule has 0 N–H and O–H groups in total. The van der Waals surface area contributed by atoms with Gasteiger partial charge in [0.25, 0.3) is 0 Å². The molecule has 0 aliphatic heterocycles. The van der Waals surface area contributed by atoms with Gasteiger partial charge in [-0.2, -0.15) is 0 Å². The molecular weight excluding hydrogens is 751 g/mol. The Morgan fingerprint density at radius 3 is 1.29 bits per heavy atom. The number of benzene rings is 2. The lowest BCUT2D eigenvalue weighted by Crippen LogP contribution is -2.32. The van der Waals surface area contributed by atoms with Gasteiger partial charge in [-0.05, 0) is 28.7 Å². The molecule has 334 valence electrons. The SMILES string of the molecule is CCCCCCCCCCCCCCCCCC(=O)OCCOCCOCCOCCOCCOCCOCCN(C)C(=O)OCC1c2ccccc2-c2ccccc21. The van der Waals surface area contributed by atoms with E-state index in [-0.39, 0.29) is 24.6 Å². The van der Waals surface area contributed by atoms with Gasteiger partial charge in [-0.1, -0.05) is 145 Å². The van der Waals surface area contributed by atoms with E-state index < -0.39 is 0 Å². The van der Waals surface area contributed by atoms with Crippen LogP contribution in [0.4, 0.5) is 4.79 Å². The van der Waals surface area contributed by atoms with Crippen molar-refractivity contribution in [1.29, 1.82) is 0 Å². The smallest absolute Gasteiger partial charge is 0.409 e. The monoisotopic (exact) mass is 828 g/mol. The fourth-order valence-corrected chi connectivity index (χ4v) is 7.13. The van der Waals surface area contributed by atoms with Crippen LogP contribution in [0, 0.1) is 0 Å². The number of ether oxygens (including phenoxy) is 8. The standard InChI is InChI=1S/C48H77NO10/c1-3-4-5-6-7-8-9-10-11-12-13-14-15-16-17-26-47(50)58-40-39-57-38-37-56-36-35-55-34-33-54-32-31-53-30-29-52-28-27-49(2)48(51)59-41-46-44-24-20-18-22-42(44)43-23-19-21-25-45(43)46/h18-25,46H,3-17,26-41H2,1-2H3. The highest BCUT2D eigenvalue weighted by molar-refractivity contribution is 5.79. The van der Waals surface area contributed by atoms with Gasteiger partial charge < -0.3 is 42.8 Å². The molecule has 1 aliphatic rings. The lowest BCUT2D eigenvalue weighted by molar-refractivity contribution is -0.145. The van der Waals surface area contributed by atoms with E-state index in [4.69, 9.17) is 37.9 Å². The van der Waals surface area contributed by atoms with Crippen LogP contribution >= 0.6 is 0 Å². The molecule has 59 heavy (non-hydrogen) atoms. The molecule has 2 aromatic carbocycles. The number of carbonyl (C=O) groups excluding carboxylic acids is 2. The maximum absolute atomic E-state index is 12.6. The van der Waals surface area contributed by atoms with E-state index >= 15 is 0 Å². The summed E-state index contributed by atoms with van der Waals surface area (Å²) in [5, 5.41) is 0. The number of fused-ring (bicyclic) bond motifs is 3. The Hall–Kier alpha value is -3.06. The largest absolute Gasteiger partial charge is 0.463 e. The summed E-state index contributed by atoms with van der Waals surface area (Å²) >= 11 is 0. The van der Waals surface area contributed by atoms with Gasteiger partial charge in [-0.25, -0.2) is 4.79 Å². The minimum Gasteiger partial charge on any atom is -0.463 e. The maximum atomic E-state index is 12.6. The predicted molar refractivity (Wildman–Crippen MR) is 233 cm³/mol. The highest BCUT2D eigenvalue weighted by Gasteiger charge is 2.29. The fourth-order valence-electron chi connectivity index (χ4n) is 7.13. The van der Waals surface area contributed by atoms with E-state index in [1.54, 1.807) is 7.05 Å². The van der Waals surface area contributed by atoms with Crippen molar-refractivity contribution in [2.45, 2.75) is 116 Å². The van der Waals surface area contributed by atoms with Gasteiger partial charge in [-0.15, -0.1) is 0 Å². The molecule has 0 saturated heterocycles. The normalized spacial score (nSPS) is 12.1. The zero-order valence-corrected chi connectivity index (χ0v) is 36.6. The van der Waals surface area contributed by atoms with E-state index in [9.17, 15) is 9.59 Å². The lowest BCUT2D eigenvalue weighted by Gasteiger charge is -2.19. The average molecular weight is 828 g/mol. The first-order chi connectivity index (χ1) is 29.1. The number of hydrogen-bond acceptors (Lipinski definition) is 10. The quantitative estimate of drug-likeness (QED) is 0.0477. The molecule has 0 saturated carbocycles. The molecule has 3 rings (SSSR count). The van der Waals surface area contributed by atoms with Gasteiger partial charge in [0.05, 0.1) is 79.3 Å². The van der Waals surface area contributed by atoms with Crippen molar-refractivity contribution in [2.24, 2.45) is 0 Å². The van der Waals surface area contributed by atoms with Crippen LogP contribution in [0.1, 0.15) is 127 Å². The van der Waals surface area contributed by atoms with Gasteiger partial charge in [0.15, 0.2) is 0 Å². The molecule has 1 aliphatic carbocycles. The van der Waals surface area contributed by atoms with E-state index in [2.05, 4.69) is 31.2 Å². The molecule has 11 heteroatoms. The molecule has 1 amide bonds. The molecule has 0 unspecified atom stereocenters. The number of unbranched alkanes of at least 4 members (excludes halogenated alkanes) is 14. The lowest BCUT2D eigenvalue weighted by atomic mass is 9.98. The minimum atomic E-state index is -0.363. The minimum absolute atomic E-state index is 0.0385. The van der Waals surface area contributed by atoms with Gasteiger partial charge >= 0.3 is 12.1 Å². The number of nitrogens with zero attached hydrogens (tertiary/aromatic N) is 1. The van der Waals surface area contributed by atoms with Crippen LogP contribution in [-0.4, -0.2) is 123 Å². The third-order valence-corrected chi connectivity index (χ3v) is 10.6. The topological polar surface area (TPSA) is 111 Å². The summed E-state index contributed by atoms with van der Waals surface area (Å²) < 4.78 is 44.2. The Morgan fingerprint density at radius 1 is 0.475 bits per heavy atom. The Balaban J connectivity index is 0.967. The summed E-state index contributed by atoms with van der Waals surface area (Å²) in [4.78, 5) is 26.1. The first kappa shape index (κ1) is 50.3. The highest BCUT2D eigenvalue weighted by atomic mass is 16.6. The first-order valence-electron chi connectivity index (χ1n) is 22.8. The van der Waals surface area contributed by atoms with Crippen LogP contribution in [0.15, 0.2) is 48.5 Å². The van der Waals surface area contributed by atoms with Crippen molar-refractivity contribution in [3.63, 3.8) is 0 Å². The fraction of sp³-hybridized carbons (Fsp3) is 0.708. The van der Waals surface area contributed by atoms with Crippen LogP contribution in [0.3, 0.4) is 0 Å². The van der Waals surface area contributed by atoms with Crippen molar-refractivity contribution >= 4 is 12.1 Å². The Kier molecular flexibility index (Phi) is 29.5. The second-order valence-electron chi connectivity index (χ2n) is 15.3. The first-order valence-corrected chi connectivity index (χ1v) is 22.8. The molecule has 0 spiro atoms. The van der Waals surface area contributed by atoms with Crippen molar-refractivity contribution in [3.8, 4) is 11.1 Å². The average Bonchev–Trinajstić information content (AvgIpc) is 3.57. The molecule has 0 aromatic heterocycles. The van der Waals surface area contributed by atoms with Crippen molar-refractivity contribution < 1.29 is 47.5 Å². The van der Waals surface area contributed by atoms with Gasteiger partial charge in [0.2, 0.25) is 0 Å². The van der Waals surface area contributed by atoms with Crippen LogP contribution in [0.5, 0.6) is 0 Å². The summed E-state index contributed by atoms with van der Waals surface area (Å²) in [6, 6.07) is 16.6. The molecule has 0 atom stereocenters. The molecule has 0 radical (unpaired) electrons. The van der Waals surface area contributed by atoms with Crippen molar-refractivity contribution in [1.82, 2.24) is 4.90 Å². The Labute approximate surface area is 356 Å². The highest BCUT2D eigenvalue weighted by Crippen LogP contribution is 2.44. The van der Waals surface area contributed by atoms with Gasteiger partial charge in [-0.3, -0.25) is 4.79 Å². The number of rotatable bonds is 39. The van der Waals surface area contributed by atoms with Gasteiger partial charge in [0.1, 0.15) is 13.2 Å². The maximum Gasteiger partial charge on any atom is 0.409 e. The summed E-state index contributed by atoms with van der Waals surface area (Å²) in [5.41, 5.74) is 4.80. The number of likely N-dealkylation sites (N-methyl/N-ethyl adjacent to an activating group) is 1. The summed E-state index contributed by atoms with van der Waals surface area (Å²) in [6.45, 7) is 8.67. The van der Waals surface area contributed by atoms with Crippen molar-refractivity contribution in [3.05, 3.63) is 59.7 Å². The van der Waals surface area contributed by atoms with E-state index in [0.717, 1.165) is 12.8 Å². The Morgan fingerprint density at radius 2 is 0.847 bits per heavy atom. The molecule has 2 aromatic rings. The van der Waals surface area contributed by atoms with E-state index in [1.807, 2.05) is 24.3 Å². The third kappa shape index (κ3) is 23.5. The van der Waals surface area contributed by atoms with Crippen molar-refractivity contribution in [2.75, 3.05) is 106 Å². The molecule has 0 bridgehead atoms. The van der Waals surface area contributed by atoms with Crippen LogP contribution in [-0.2, 0) is 42.7 Å². The summed E-state index contributed by atoms with van der Waals surface area (Å²) in [6.07, 6.45) is 19.8. The zero-order valence-electron chi connectivity index (χ0n) is 36.6. The summed E-state index contributed by atoms with van der Waals surface area (Å²) in [7, 11) is 1.72. The van der Waals surface area contributed by atoms with Crippen LogP contribution < -0.4 is 0 Å². The van der Waals surface area contributed by atoms with E-state index in [0.29, 0.717) is 98.9 Å². The number of esters is 1. The molecular formula is C48H77NO10. The molecule has 11 nitrogen and oxygen atoms in total. The second kappa shape index (κ2) is 34.6. The van der Waals surface area contributed by atoms with Crippen LogP contribution in [0.2, 0.25) is 0 Å². The number of carbonyl (C=O) groups is 2. The Bertz CT molecular complexity index is 1300. The molecule has 0 heterocycles. The predicted octanol–water partition coefficient (Wildman–Crippen LogP) is 9.77.